The fraction of sp³-hybridized carbons (Fsp3) is 0.158. The third-order valence-corrected chi connectivity index (χ3v) is 3.72. The van der Waals surface area contributed by atoms with E-state index in [0.29, 0.717) is 17.2 Å². The molecule has 3 aromatic rings. The summed E-state index contributed by atoms with van der Waals surface area (Å²) in [5, 5.41) is 2.42. The van der Waals surface area contributed by atoms with Gasteiger partial charge in [0.25, 0.3) is 0 Å². The zero-order chi connectivity index (χ0) is 19.4. The first-order valence-corrected chi connectivity index (χ1v) is 7.99. The molecule has 0 radical (unpaired) electrons. The Hall–Kier alpha value is -3.16. The van der Waals surface area contributed by atoms with E-state index >= 15 is 0 Å². The van der Waals surface area contributed by atoms with Crippen LogP contribution in [-0.4, -0.2) is 10.9 Å². The monoisotopic (exact) mass is 378 g/mol. The highest BCUT2D eigenvalue weighted by Crippen LogP contribution is 2.30. The Morgan fingerprint density at radius 1 is 1.11 bits per heavy atom. The maximum absolute atomic E-state index is 12.9. The predicted octanol–water partition coefficient (Wildman–Crippen LogP) is 5.07. The maximum atomic E-state index is 12.9. The molecule has 0 bridgehead atoms. The molecular formula is C19H14F4N2O2. The predicted molar refractivity (Wildman–Crippen MR) is 90.3 cm³/mol. The fourth-order valence-corrected chi connectivity index (χ4v) is 2.39. The Morgan fingerprint density at radius 3 is 2.56 bits per heavy atom. The number of oxazole rings is 1. The van der Waals surface area contributed by atoms with Crippen LogP contribution in [0.25, 0.3) is 11.3 Å². The van der Waals surface area contributed by atoms with Gasteiger partial charge < -0.3 is 9.73 Å². The molecule has 0 fully saturated rings. The summed E-state index contributed by atoms with van der Waals surface area (Å²) in [6.07, 6.45) is -2.85. The molecule has 0 aliphatic rings. The number of aryl methyl sites for hydroxylation is 1. The first kappa shape index (κ1) is 18.6. The van der Waals surface area contributed by atoms with Crippen molar-refractivity contribution in [2.24, 2.45) is 0 Å². The van der Waals surface area contributed by atoms with Gasteiger partial charge in [0.2, 0.25) is 5.91 Å². The normalized spacial score (nSPS) is 11.4. The van der Waals surface area contributed by atoms with Gasteiger partial charge in [0, 0.05) is 24.1 Å². The van der Waals surface area contributed by atoms with E-state index in [1.165, 1.54) is 30.5 Å². The maximum Gasteiger partial charge on any atom is 0.416 e. The molecule has 0 spiro atoms. The molecule has 1 N–H and O–H groups in total. The Kier molecular flexibility index (Phi) is 5.25. The van der Waals surface area contributed by atoms with Gasteiger partial charge in [-0.2, -0.15) is 13.2 Å². The lowest BCUT2D eigenvalue weighted by molar-refractivity contribution is -0.137. The van der Waals surface area contributed by atoms with Gasteiger partial charge in [0.05, 0.1) is 11.8 Å². The SMILES string of the molecule is O=C(CCc1ncc(-c2ccc(F)cc2)o1)Nc1cccc(C(F)(F)F)c1. The zero-order valence-corrected chi connectivity index (χ0v) is 13.9. The van der Waals surface area contributed by atoms with Crippen molar-refractivity contribution in [2.75, 3.05) is 5.32 Å². The minimum absolute atomic E-state index is 0.0143. The Labute approximate surface area is 151 Å². The van der Waals surface area contributed by atoms with Gasteiger partial charge >= 0.3 is 6.18 Å². The van der Waals surface area contributed by atoms with Crippen LogP contribution in [0.4, 0.5) is 23.2 Å². The van der Waals surface area contributed by atoms with Crippen LogP contribution in [0.2, 0.25) is 0 Å². The summed E-state index contributed by atoms with van der Waals surface area (Å²) < 4.78 is 56.5. The lowest BCUT2D eigenvalue weighted by Gasteiger charge is -2.09. The second kappa shape index (κ2) is 7.61. The van der Waals surface area contributed by atoms with E-state index in [-0.39, 0.29) is 24.3 Å². The molecule has 1 aromatic heterocycles. The second-order valence-corrected chi connectivity index (χ2v) is 5.75. The number of hydrogen-bond acceptors (Lipinski definition) is 3. The number of hydrogen-bond donors (Lipinski definition) is 1. The van der Waals surface area contributed by atoms with Crippen molar-refractivity contribution in [3.8, 4) is 11.3 Å². The number of anilines is 1. The standard InChI is InChI=1S/C19H14F4N2O2/c20-14-6-4-12(5-7-14)16-11-24-18(27-16)9-8-17(26)25-15-3-1-2-13(10-15)19(21,22)23/h1-7,10-11H,8-9H2,(H,25,26). The molecule has 27 heavy (non-hydrogen) atoms. The molecule has 2 aromatic carbocycles. The van der Waals surface area contributed by atoms with E-state index in [2.05, 4.69) is 10.3 Å². The number of aromatic nitrogens is 1. The van der Waals surface area contributed by atoms with Gasteiger partial charge in [-0.15, -0.1) is 0 Å². The molecule has 0 atom stereocenters. The fourth-order valence-electron chi connectivity index (χ4n) is 2.39. The third-order valence-electron chi connectivity index (χ3n) is 3.72. The number of alkyl halides is 3. The van der Waals surface area contributed by atoms with Crippen LogP contribution in [0.3, 0.4) is 0 Å². The number of carbonyl (C=O) groups excluding carboxylic acids is 1. The Bertz CT molecular complexity index is 933. The largest absolute Gasteiger partial charge is 0.441 e. The van der Waals surface area contributed by atoms with Crippen LogP contribution in [0, 0.1) is 5.82 Å². The van der Waals surface area contributed by atoms with E-state index in [9.17, 15) is 22.4 Å². The quantitative estimate of drug-likeness (QED) is 0.631. The first-order chi connectivity index (χ1) is 12.8. The van der Waals surface area contributed by atoms with E-state index in [4.69, 9.17) is 4.42 Å². The highest BCUT2D eigenvalue weighted by molar-refractivity contribution is 5.90. The van der Waals surface area contributed by atoms with E-state index in [1.54, 1.807) is 12.1 Å². The summed E-state index contributed by atoms with van der Waals surface area (Å²) in [6, 6.07) is 10.1. The molecule has 1 amide bonds. The molecule has 0 saturated carbocycles. The van der Waals surface area contributed by atoms with Crippen molar-refractivity contribution in [3.05, 3.63) is 72.0 Å². The molecular weight excluding hydrogens is 364 g/mol. The molecule has 140 valence electrons. The molecule has 4 nitrogen and oxygen atoms in total. The van der Waals surface area contributed by atoms with Gasteiger partial charge in [-0.05, 0) is 42.5 Å². The highest BCUT2D eigenvalue weighted by Gasteiger charge is 2.30. The lowest BCUT2D eigenvalue weighted by Crippen LogP contribution is -2.13. The number of rotatable bonds is 5. The number of carbonyl (C=O) groups is 1. The number of nitrogens with zero attached hydrogens (tertiary/aromatic N) is 1. The summed E-state index contributed by atoms with van der Waals surface area (Å²) in [4.78, 5) is 16.0. The third kappa shape index (κ3) is 4.93. The summed E-state index contributed by atoms with van der Waals surface area (Å²) in [6.45, 7) is 0. The van der Waals surface area contributed by atoms with Gasteiger partial charge in [0.1, 0.15) is 5.82 Å². The topological polar surface area (TPSA) is 55.1 Å². The van der Waals surface area contributed by atoms with Crippen LogP contribution in [0.5, 0.6) is 0 Å². The molecule has 0 aliphatic carbocycles. The summed E-state index contributed by atoms with van der Waals surface area (Å²) >= 11 is 0. The Morgan fingerprint density at radius 2 is 1.85 bits per heavy atom. The van der Waals surface area contributed by atoms with Crippen molar-refractivity contribution in [3.63, 3.8) is 0 Å². The number of nitrogens with one attached hydrogen (secondary N) is 1. The summed E-state index contributed by atoms with van der Waals surface area (Å²) in [5.41, 5.74) is -0.130. The van der Waals surface area contributed by atoms with E-state index < -0.39 is 17.6 Å². The van der Waals surface area contributed by atoms with E-state index in [1.807, 2.05) is 0 Å². The molecule has 3 rings (SSSR count). The lowest BCUT2D eigenvalue weighted by atomic mass is 10.2. The average molecular weight is 378 g/mol. The van der Waals surface area contributed by atoms with Crippen molar-refractivity contribution in [2.45, 2.75) is 19.0 Å². The van der Waals surface area contributed by atoms with Gasteiger partial charge in [0.15, 0.2) is 11.7 Å². The summed E-state index contributed by atoms with van der Waals surface area (Å²) in [7, 11) is 0. The first-order valence-electron chi connectivity index (χ1n) is 7.99. The second-order valence-electron chi connectivity index (χ2n) is 5.75. The number of benzene rings is 2. The smallest absolute Gasteiger partial charge is 0.416 e. The van der Waals surface area contributed by atoms with Gasteiger partial charge in [-0.3, -0.25) is 4.79 Å². The zero-order valence-electron chi connectivity index (χ0n) is 13.9. The minimum Gasteiger partial charge on any atom is -0.441 e. The molecule has 0 saturated heterocycles. The van der Waals surface area contributed by atoms with E-state index in [0.717, 1.165) is 12.1 Å². The molecule has 8 heteroatoms. The van der Waals surface area contributed by atoms with Crippen LogP contribution >= 0.6 is 0 Å². The number of halogens is 4. The van der Waals surface area contributed by atoms with Crippen molar-refractivity contribution >= 4 is 11.6 Å². The van der Waals surface area contributed by atoms with Crippen LogP contribution in [0.1, 0.15) is 17.9 Å². The summed E-state index contributed by atoms with van der Waals surface area (Å²) in [5.74, 6) is -0.0996. The van der Waals surface area contributed by atoms with Gasteiger partial charge in [-0.1, -0.05) is 6.07 Å². The molecule has 0 unspecified atom stereocenters. The molecule has 1 heterocycles. The minimum atomic E-state index is -4.48. The Balaban J connectivity index is 1.58. The van der Waals surface area contributed by atoms with Gasteiger partial charge in [-0.25, -0.2) is 9.37 Å². The van der Waals surface area contributed by atoms with Crippen LogP contribution in [0.15, 0.2) is 59.1 Å². The number of amides is 1. The van der Waals surface area contributed by atoms with Crippen LogP contribution in [-0.2, 0) is 17.4 Å². The van der Waals surface area contributed by atoms with Crippen LogP contribution < -0.4 is 5.32 Å². The molecule has 0 aliphatic heterocycles. The van der Waals surface area contributed by atoms with Crippen molar-refractivity contribution in [1.29, 1.82) is 0 Å². The van der Waals surface area contributed by atoms with Crippen molar-refractivity contribution < 1.29 is 26.8 Å². The highest BCUT2D eigenvalue weighted by atomic mass is 19.4. The average Bonchev–Trinajstić information content (AvgIpc) is 3.09. The van der Waals surface area contributed by atoms with Crippen molar-refractivity contribution in [1.82, 2.24) is 4.98 Å².